The topological polar surface area (TPSA) is 70.4 Å². The zero-order chi connectivity index (χ0) is 11.5. The summed E-state index contributed by atoms with van der Waals surface area (Å²) in [6.07, 6.45) is 1.35. The molecule has 0 saturated carbocycles. The first-order valence-electron chi connectivity index (χ1n) is 4.65. The quantitative estimate of drug-likeness (QED) is 0.805. The number of aromatic hydroxyl groups is 1. The van der Waals surface area contributed by atoms with E-state index in [1.807, 2.05) is 0 Å². The lowest BCUT2D eigenvalue weighted by atomic mass is 10.1. The molecule has 0 fully saturated rings. The van der Waals surface area contributed by atoms with Crippen molar-refractivity contribution in [2.45, 2.75) is 0 Å². The standard InChI is InChI=1S/C12H9NO3/c14-10-5-6-11(13-7-10)8-1-3-9(4-2-8)12(15)16/h1-7,14H,(H,15,16). The van der Waals surface area contributed by atoms with Gasteiger partial charge in [0.15, 0.2) is 0 Å². The van der Waals surface area contributed by atoms with Crippen molar-refractivity contribution in [2.24, 2.45) is 0 Å². The van der Waals surface area contributed by atoms with Crippen molar-refractivity contribution in [3.8, 4) is 17.0 Å². The zero-order valence-corrected chi connectivity index (χ0v) is 8.29. The van der Waals surface area contributed by atoms with Gasteiger partial charge in [0.1, 0.15) is 5.75 Å². The van der Waals surface area contributed by atoms with E-state index >= 15 is 0 Å². The van der Waals surface area contributed by atoms with E-state index in [1.54, 1.807) is 18.2 Å². The van der Waals surface area contributed by atoms with Crippen LogP contribution in [-0.4, -0.2) is 21.2 Å². The largest absolute Gasteiger partial charge is 0.506 e. The maximum absolute atomic E-state index is 10.6. The number of carboxylic acids is 1. The van der Waals surface area contributed by atoms with Crippen LogP contribution in [0.1, 0.15) is 10.4 Å². The molecule has 0 bridgehead atoms. The van der Waals surface area contributed by atoms with E-state index < -0.39 is 5.97 Å². The van der Waals surface area contributed by atoms with E-state index in [4.69, 9.17) is 10.2 Å². The summed E-state index contributed by atoms with van der Waals surface area (Å²) >= 11 is 0. The van der Waals surface area contributed by atoms with Crippen molar-refractivity contribution in [1.29, 1.82) is 0 Å². The van der Waals surface area contributed by atoms with Gasteiger partial charge in [-0.25, -0.2) is 4.79 Å². The molecule has 0 aliphatic rings. The molecule has 0 amide bonds. The molecular formula is C12H9NO3. The number of hydrogen-bond acceptors (Lipinski definition) is 3. The Morgan fingerprint density at radius 3 is 2.25 bits per heavy atom. The predicted molar refractivity (Wildman–Crippen MR) is 58.3 cm³/mol. The number of carboxylic acid groups (broad SMARTS) is 1. The van der Waals surface area contributed by atoms with Crippen molar-refractivity contribution in [1.82, 2.24) is 4.98 Å². The summed E-state index contributed by atoms with van der Waals surface area (Å²) in [6.45, 7) is 0. The molecule has 80 valence electrons. The lowest BCUT2D eigenvalue weighted by Gasteiger charge is -2.01. The molecule has 1 aromatic carbocycles. The van der Waals surface area contributed by atoms with E-state index in [0.29, 0.717) is 5.69 Å². The van der Waals surface area contributed by atoms with Gasteiger partial charge in [0.05, 0.1) is 17.5 Å². The molecule has 2 rings (SSSR count). The minimum Gasteiger partial charge on any atom is -0.506 e. The van der Waals surface area contributed by atoms with Crippen LogP contribution < -0.4 is 0 Å². The molecule has 0 saturated heterocycles. The van der Waals surface area contributed by atoms with Crippen LogP contribution in [0.4, 0.5) is 0 Å². The van der Waals surface area contributed by atoms with Gasteiger partial charge in [-0.3, -0.25) is 4.98 Å². The Kier molecular flexibility index (Phi) is 2.55. The number of aromatic carboxylic acids is 1. The van der Waals surface area contributed by atoms with Gasteiger partial charge in [0.25, 0.3) is 0 Å². The first-order chi connectivity index (χ1) is 7.66. The van der Waals surface area contributed by atoms with E-state index in [2.05, 4.69) is 4.98 Å². The summed E-state index contributed by atoms with van der Waals surface area (Å²) in [7, 11) is 0. The fourth-order valence-corrected chi connectivity index (χ4v) is 1.34. The summed E-state index contributed by atoms with van der Waals surface area (Å²) in [5.41, 5.74) is 1.74. The minimum atomic E-state index is -0.954. The number of hydrogen-bond donors (Lipinski definition) is 2. The molecule has 0 radical (unpaired) electrons. The number of aromatic nitrogens is 1. The Balaban J connectivity index is 2.34. The van der Waals surface area contributed by atoms with Gasteiger partial charge in [0, 0.05) is 5.56 Å². The third-order valence-corrected chi connectivity index (χ3v) is 2.18. The number of carbonyl (C=O) groups is 1. The molecule has 4 nitrogen and oxygen atoms in total. The lowest BCUT2D eigenvalue weighted by molar-refractivity contribution is 0.0697. The molecule has 0 spiro atoms. The van der Waals surface area contributed by atoms with Gasteiger partial charge in [-0.2, -0.15) is 0 Å². The summed E-state index contributed by atoms with van der Waals surface area (Å²) in [6, 6.07) is 9.61. The number of pyridine rings is 1. The van der Waals surface area contributed by atoms with Crippen molar-refractivity contribution < 1.29 is 15.0 Å². The SMILES string of the molecule is O=C(O)c1ccc(-c2ccc(O)cn2)cc1. The fourth-order valence-electron chi connectivity index (χ4n) is 1.34. The summed E-state index contributed by atoms with van der Waals surface area (Å²) in [5.74, 6) is -0.851. The maximum Gasteiger partial charge on any atom is 0.335 e. The highest BCUT2D eigenvalue weighted by atomic mass is 16.4. The van der Waals surface area contributed by atoms with Crippen molar-refractivity contribution in [2.75, 3.05) is 0 Å². The molecule has 0 aliphatic carbocycles. The first-order valence-corrected chi connectivity index (χ1v) is 4.65. The predicted octanol–water partition coefficient (Wildman–Crippen LogP) is 2.15. The average molecular weight is 215 g/mol. The van der Waals surface area contributed by atoms with E-state index in [1.165, 1.54) is 24.4 Å². The second-order valence-electron chi connectivity index (χ2n) is 3.28. The summed E-state index contributed by atoms with van der Waals surface area (Å²) < 4.78 is 0. The zero-order valence-electron chi connectivity index (χ0n) is 8.29. The van der Waals surface area contributed by atoms with Crippen molar-refractivity contribution in [3.63, 3.8) is 0 Å². The van der Waals surface area contributed by atoms with Gasteiger partial charge in [-0.05, 0) is 24.3 Å². The molecule has 0 unspecified atom stereocenters. The van der Waals surface area contributed by atoms with Crippen LogP contribution in [0, 0.1) is 0 Å². The number of benzene rings is 1. The van der Waals surface area contributed by atoms with Crippen LogP contribution in [-0.2, 0) is 0 Å². The molecule has 1 heterocycles. The van der Waals surface area contributed by atoms with Crippen LogP contribution >= 0.6 is 0 Å². The highest BCUT2D eigenvalue weighted by Crippen LogP contribution is 2.19. The number of nitrogens with zero attached hydrogens (tertiary/aromatic N) is 1. The smallest absolute Gasteiger partial charge is 0.335 e. The first kappa shape index (κ1) is 10.2. The number of rotatable bonds is 2. The maximum atomic E-state index is 10.6. The third-order valence-electron chi connectivity index (χ3n) is 2.18. The third kappa shape index (κ3) is 2.00. The van der Waals surface area contributed by atoms with Crippen LogP contribution in [0.3, 0.4) is 0 Å². The molecule has 2 N–H and O–H groups in total. The second kappa shape index (κ2) is 4.02. The Morgan fingerprint density at radius 1 is 1.06 bits per heavy atom. The van der Waals surface area contributed by atoms with Crippen LogP contribution in [0.15, 0.2) is 42.6 Å². The Hall–Kier alpha value is -2.36. The van der Waals surface area contributed by atoms with Crippen molar-refractivity contribution in [3.05, 3.63) is 48.2 Å². The summed E-state index contributed by atoms with van der Waals surface area (Å²) in [5, 5.41) is 17.8. The van der Waals surface area contributed by atoms with Gasteiger partial charge in [-0.1, -0.05) is 12.1 Å². The molecule has 16 heavy (non-hydrogen) atoms. The minimum absolute atomic E-state index is 0.103. The van der Waals surface area contributed by atoms with Gasteiger partial charge in [0.2, 0.25) is 0 Å². The Bertz CT molecular complexity index is 503. The fraction of sp³-hybridized carbons (Fsp3) is 0. The van der Waals surface area contributed by atoms with Gasteiger partial charge in [-0.15, -0.1) is 0 Å². The normalized spacial score (nSPS) is 10.0. The summed E-state index contributed by atoms with van der Waals surface area (Å²) in [4.78, 5) is 14.7. The van der Waals surface area contributed by atoms with Crippen LogP contribution in [0.25, 0.3) is 11.3 Å². The van der Waals surface area contributed by atoms with Gasteiger partial charge >= 0.3 is 5.97 Å². The Labute approximate surface area is 91.8 Å². The lowest BCUT2D eigenvalue weighted by Crippen LogP contribution is -1.95. The van der Waals surface area contributed by atoms with E-state index in [9.17, 15) is 4.79 Å². The van der Waals surface area contributed by atoms with E-state index in [-0.39, 0.29) is 11.3 Å². The van der Waals surface area contributed by atoms with Gasteiger partial charge < -0.3 is 10.2 Å². The average Bonchev–Trinajstić information content (AvgIpc) is 2.30. The highest BCUT2D eigenvalue weighted by Gasteiger charge is 2.03. The molecular weight excluding hydrogens is 206 g/mol. The molecule has 1 aromatic heterocycles. The van der Waals surface area contributed by atoms with Crippen LogP contribution in [0.5, 0.6) is 5.75 Å². The van der Waals surface area contributed by atoms with Crippen molar-refractivity contribution >= 4 is 5.97 Å². The Morgan fingerprint density at radius 2 is 1.75 bits per heavy atom. The van der Waals surface area contributed by atoms with E-state index in [0.717, 1.165) is 5.56 Å². The molecule has 2 aromatic rings. The monoisotopic (exact) mass is 215 g/mol. The highest BCUT2D eigenvalue weighted by molar-refractivity contribution is 5.88. The second-order valence-corrected chi connectivity index (χ2v) is 3.28. The molecule has 0 atom stereocenters. The molecule has 0 aliphatic heterocycles. The molecule has 4 heteroatoms. The van der Waals surface area contributed by atoms with Crippen LogP contribution in [0.2, 0.25) is 0 Å².